The quantitative estimate of drug-likeness (QED) is 0.759. The number of nitrogens with one attached hydrogen (secondary N) is 1. The van der Waals surface area contributed by atoms with Gasteiger partial charge in [-0.3, -0.25) is 0 Å². The molecule has 2 aromatic rings. The molecule has 0 fully saturated rings. The normalized spacial score (nSPS) is 12.3. The number of ether oxygens (including phenoxy) is 1. The van der Waals surface area contributed by atoms with Crippen LogP contribution in [0, 0.1) is 0 Å². The number of benzene rings is 1. The topological polar surface area (TPSA) is 34.1 Å². The molecule has 1 aromatic carbocycles. The highest BCUT2D eigenvalue weighted by Crippen LogP contribution is 2.15. The average molecular weight is 304 g/mol. The molecule has 1 unspecified atom stereocenters. The number of hydrogen-bond acceptors (Lipinski definition) is 4. The van der Waals surface area contributed by atoms with E-state index in [4.69, 9.17) is 4.74 Å². The van der Waals surface area contributed by atoms with Crippen LogP contribution >= 0.6 is 11.3 Å². The van der Waals surface area contributed by atoms with Crippen LogP contribution < -0.4 is 10.1 Å². The van der Waals surface area contributed by atoms with E-state index in [0.29, 0.717) is 12.6 Å². The van der Waals surface area contributed by atoms with Gasteiger partial charge in [0.15, 0.2) is 0 Å². The van der Waals surface area contributed by atoms with E-state index in [1.54, 1.807) is 11.3 Å². The van der Waals surface area contributed by atoms with Gasteiger partial charge in [-0.05, 0) is 50.4 Å². The summed E-state index contributed by atoms with van der Waals surface area (Å²) in [4.78, 5) is 4.21. The molecule has 0 aliphatic heterocycles. The molecular formula is C17H24N2OS. The fourth-order valence-corrected chi connectivity index (χ4v) is 2.64. The molecular weight excluding hydrogens is 280 g/mol. The summed E-state index contributed by atoms with van der Waals surface area (Å²) >= 11 is 1.59. The Labute approximate surface area is 131 Å². The molecule has 1 heterocycles. The van der Waals surface area contributed by atoms with Crippen molar-refractivity contribution in [1.29, 1.82) is 0 Å². The first kappa shape index (κ1) is 16.0. The summed E-state index contributed by atoms with van der Waals surface area (Å²) in [6.45, 7) is 6.09. The molecule has 0 spiro atoms. The first-order chi connectivity index (χ1) is 10.3. The molecule has 2 rings (SSSR count). The standard InChI is InChI=1S/C17H24N2OS/c1-3-10-18-14(2)4-5-15-6-8-17(9-7-15)20-11-16-12-21-13-19-16/h6-9,12-14,18H,3-5,10-11H2,1-2H3. The molecule has 1 aromatic heterocycles. The zero-order valence-electron chi connectivity index (χ0n) is 12.8. The van der Waals surface area contributed by atoms with Crippen molar-refractivity contribution in [2.45, 2.75) is 45.8 Å². The minimum absolute atomic E-state index is 0.542. The number of thiazole rings is 1. The van der Waals surface area contributed by atoms with Crippen molar-refractivity contribution < 1.29 is 4.74 Å². The molecule has 0 aliphatic rings. The molecule has 3 nitrogen and oxygen atoms in total. The largest absolute Gasteiger partial charge is 0.487 e. The van der Waals surface area contributed by atoms with Crippen LogP contribution in [0.25, 0.3) is 0 Å². The Balaban J connectivity index is 1.73. The molecule has 114 valence electrons. The third kappa shape index (κ3) is 5.86. The highest BCUT2D eigenvalue weighted by molar-refractivity contribution is 7.07. The highest BCUT2D eigenvalue weighted by Gasteiger charge is 2.02. The van der Waals surface area contributed by atoms with E-state index in [-0.39, 0.29) is 0 Å². The Morgan fingerprint density at radius 3 is 2.76 bits per heavy atom. The number of rotatable bonds is 9. The number of nitrogens with zero attached hydrogens (tertiary/aromatic N) is 1. The molecule has 1 N–H and O–H groups in total. The van der Waals surface area contributed by atoms with E-state index >= 15 is 0 Å². The fraction of sp³-hybridized carbons (Fsp3) is 0.471. The van der Waals surface area contributed by atoms with Crippen molar-refractivity contribution in [3.63, 3.8) is 0 Å². The third-order valence-electron chi connectivity index (χ3n) is 3.40. The van der Waals surface area contributed by atoms with Crippen LogP contribution in [0.2, 0.25) is 0 Å². The predicted molar refractivity (Wildman–Crippen MR) is 89.0 cm³/mol. The van der Waals surface area contributed by atoms with E-state index in [0.717, 1.165) is 24.4 Å². The lowest BCUT2D eigenvalue weighted by Gasteiger charge is -2.13. The van der Waals surface area contributed by atoms with Gasteiger partial charge in [-0.2, -0.15) is 0 Å². The van der Waals surface area contributed by atoms with Gasteiger partial charge in [0, 0.05) is 11.4 Å². The summed E-state index contributed by atoms with van der Waals surface area (Å²) in [6, 6.07) is 8.98. The van der Waals surface area contributed by atoms with Gasteiger partial charge >= 0.3 is 0 Å². The van der Waals surface area contributed by atoms with E-state index in [2.05, 4.69) is 36.3 Å². The van der Waals surface area contributed by atoms with Crippen molar-refractivity contribution in [2.75, 3.05) is 6.54 Å². The Morgan fingerprint density at radius 2 is 2.10 bits per heavy atom. The second-order valence-corrected chi connectivity index (χ2v) is 6.02. The number of aromatic nitrogens is 1. The first-order valence-corrected chi connectivity index (χ1v) is 8.54. The smallest absolute Gasteiger partial charge is 0.131 e. The summed E-state index contributed by atoms with van der Waals surface area (Å²) in [5.74, 6) is 0.906. The van der Waals surface area contributed by atoms with Crippen LogP contribution in [0.1, 0.15) is 37.9 Å². The molecule has 4 heteroatoms. The third-order valence-corrected chi connectivity index (χ3v) is 4.04. The number of hydrogen-bond donors (Lipinski definition) is 1. The predicted octanol–water partition coefficient (Wildman–Crippen LogP) is 4.04. The highest BCUT2D eigenvalue weighted by atomic mass is 32.1. The molecule has 0 saturated heterocycles. The molecule has 21 heavy (non-hydrogen) atoms. The van der Waals surface area contributed by atoms with Gasteiger partial charge in [0.25, 0.3) is 0 Å². The average Bonchev–Trinajstić information content (AvgIpc) is 3.03. The first-order valence-electron chi connectivity index (χ1n) is 7.60. The lowest BCUT2D eigenvalue weighted by atomic mass is 10.1. The summed E-state index contributed by atoms with van der Waals surface area (Å²) in [7, 11) is 0. The molecule has 0 aliphatic carbocycles. The fourth-order valence-electron chi connectivity index (χ4n) is 2.09. The summed E-state index contributed by atoms with van der Waals surface area (Å²) < 4.78 is 5.72. The Hall–Kier alpha value is -1.39. The van der Waals surface area contributed by atoms with E-state index in [9.17, 15) is 0 Å². The second-order valence-electron chi connectivity index (χ2n) is 5.31. The Morgan fingerprint density at radius 1 is 1.29 bits per heavy atom. The van der Waals surface area contributed by atoms with Gasteiger partial charge in [0.05, 0.1) is 11.2 Å². The zero-order chi connectivity index (χ0) is 14.9. The van der Waals surface area contributed by atoms with Gasteiger partial charge in [-0.1, -0.05) is 19.1 Å². The minimum atomic E-state index is 0.542. The van der Waals surface area contributed by atoms with Crippen molar-refractivity contribution >= 4 is 11.3 Å². The van der Waals surface area contributed by atoms with E-state index in [1.807, 2.05) is 23.0 Å². The van der Waals surface area contributed by atoms with Crippen LogP contribution in [0.5, 0.6) is 5.75 Å². The number of aryl methyl sites for hydroxylation is 1. The molecule has 0 bridgehead atoms. The second kappa shape index (κ2) is 8.80. The monoisotopic (exact) mass is 304 g/mol. The SMILES string of the molecule is CCCNC(C)CCc1ccc(OCc2cscn2)cc1. The Bertz CT molecular complexity index is 496. The Kier molecular flexibility index (Phi) is 6.70. The van der Waals surface area contributed by atoms with Crippen molar-refractivity contribution in [3.8, 4) is 5.75 Å². The zero-order valence-corrected chi connectivity index (χ0v) is 13.7. The van der Waals surface area contributed by atoms with E-state index < -0.39 is 0 Å². The van der Waals surface area contributed by atoms with Gasteiger partial charge in [0.2, 0.25) is 0 Å². The summed E-state index contributed by atoms with van der Waals surface area (Å²) in [6.07, 6.45) is 3.46. The molecule has 0 saturated carbocycles. The van der Waals surface area contributed by atoms with Crippen LogP contribution in [-0.4, -0.2) is 17.6 Å². The molecule has 0 amide bonds. The van der Waals surface area contributed by atoms with Gasteiger partial charge in [0.1, 0.15) is 12.4 Å². The van der Waals surface area contributed by atoms with Crippen LogP contribution in [0.3, 0.4) is 0 Å². The maximum absolute atomic E-state index is 5.72. The van der Waals surface area contributed by atoms with Gasteiger partial charge in [-0.15, -0.1) is 11.3 Å². The lowest BCUT2D eigenvalue weighted by molar-refractivity contribution is 0.302. The minimum Gasteiger partial charge on any atom is -0.487 e. The van der Waals surface area contributed by atoms with Crippen LogP contribution in [0.15, 0.2) is 35.2 Å². The molecule has 1 atom stereocenters. The van der Waals surface area contributed by atoms with Crippen molar-refractivity contribution in [2.24, 2.45) is 0 Å². The van der Waals surface area contributed by atoms with Gasteiger partial charge in [-0.25, -0.2) is 4.98 Å². The molecule has 0 radical (unpaired) electrons. The van der Waals surface area contributed by atoms with Crippen molar-refractivity contribution in [3.05, 3.63) is 46.4 Å². The van der Waals surface area contributed by atoms with Crippen LogP contribution in [0.4, 0.5) is 0 Å². The van der Waals surface area contributed by atoms with Crippen molar-refractivity contribution in [1.82, 2.24) is 10.3 Å². The maximum atomic E-state index is 5.72. The lowest BCUT2D eigenvalue weighted by Crippen LogP contribution is -2.27. The van der Waals surface area contributed by atoms with Crippen LogP contribution in [-0.2, 0) is 13.0 Å². The summed E-state index contributed by atoms with van der Waals surface area (Å²) in [5.41, 5.74) is 4.18. The van der Waals surface area contributed by atoms with E-state index in [1.165, 1.54) is 18.4 Å². The summed E-state index contributed by atoms with van der Waals surface area (Å²) in [5, 5.41) is 5.53. The van der Waals surface area contributed by atoms with Gasteiger partial charge < -0.3 is 10.1 Å². The maximum Gasteiger partial charge on any atom is 0.131 e.